The number of nitrogens with zero attached hydrogens (tertiary/aromatic N) is 2. The Balaban J connectivity index is 1.35. The second-order valence-corrected chi connectivity index (χ2v) is 13.7. The van der Waals surface area contributed by atoms with E-state index >= 15 is 0 Å². The topological polar surface area (TPSA) is 162 Å². The largest absolute Gasteiger partial charge is 0.489 e. The van der Waals surface area contributed by atoms with Crippen molar-refractivity contribution in [3.8, 4) is 17.0 Å². The minimum Gasteiger partial charge on any atom is -0.489 e. The number of nitrogens with one attached hydrogen (secondary N) is 1. The molecule has 2 amide bonds. The fourth-order valence-corrected chi connectivity index (χ4v) is 7.02. The number of halogens is 1. The summed E-state index contributed by atoms with van der Waals surface area (Å²) in [6, 6.07) is 13.3. The monoisotopic (exact) mass is 604 g/mol. The first kappa shape index (κ1) is 28.7. The number of hydrogen-bond acceptors (Lipinski definition) is 8. The molecule has 1 aliphatic carbocycles. The van der Waals surface area contributed by atoms with Gasteiger partial charge >= 0.3 is 0 Å². The lowest BCUT2D eigenvalue weighted by atomic mass is 9.82. The summed E-state index contributed by atoms with van der Waals surface area (Å²) in [5, 5.41) is 14.3. The van der Waals surface area contributed by atoms with Crippen LogP contribution in [0.1, 0.15) is 48.3 Å². The van der Waals surface area contributed by atoms with Crippen LogP contribution in [0.3, 0.4) is 0 Å². The maximum atomic E-state index is 13.7. The van der Waals surface area contributed by atoms with Crippen molar-refractivity contribution in [2.75, 3.05) is 13.2 Å². The van der Waals surface area contributed by atoms with Gasteiger partial charge in [0.1, 0.15) is 34.9 Å². The van der Waals surface area contributed by atoms with Gasteiger partial charge in [0.05, 0.1) is 27.9 Å². The number of nitrogens with two attached hydrogens (primary N) is 1. The van der Waals surface area contributed by atoms with Crippen LogP contribution < -0.4 is 15.8 Å². The third-order valence-corrected chi connectivity index (χ3v) is 10.4. The van der Waals surface area contributed by atoms with Gasteiger partial charge in [-0.25, -0.2) is 17.8 Å². The lowest BCUT2D eigenvalue weighted by Crippen LogP contribution is -2.41. The fraction of sp³-hybridized carbons (Fsp3) is 0.290. The Morgan fingerprint density at radius 3 is 2.58 bits per heavy atom. The van der Waals surface area contributed by atoms with Crippen LogP contribution in [0, 0.1) is 5.82 Å². The van der Waals surface area contributed by atoms with Gasteiger partial charge in [-0.2, -0.15) is 0 Å². The molecule has 0 saturated heterocycles. The molecule has 0 bridgehead atoms. The lowest BCUT2D eigenvalue weighted by Gasteiger charge is -2.26. The Hall–Kier alpha value is -4.42. The van der Waals surface area contributed by atoms with Crippen LogP contribution in [0.4, 0.5) is 4.39 Å². The van der Waals surface area contributed by atoms with Crippen molar-refractivity contribution >= 4 is 32.6 Å². The maximum Gasteiger partial charge on any atom is 0.251 e. The Kier molecular flexibility index (Phi) is 6.73. The highest BCUT2D eigenvalue weighted by Crippen LogP contribution is 2.45. The number of fused-ring (bicyclic) bond motifs is 2. The Morgan fingerprint density at radius 2 is 1.91 bits per heavy atom. The van der Waals surface area contributed by atoms with Crippen molar-refractivity contribution in [3.05, 3.63) is 83.4 Å². The van der Waals surface area contributed by atoms with Gasteiger partial charge in [-0.05, 0) is 75.2 Å². The number of carbonyl (C=O) groups is 2. The molecule has 4 N–H and O–H groups in total. The second-order valence-electron chi connectivity index (χ2n) is 11.5. The quantitative estimate of drug-likeness (QED) is 0.276. The van der Waals surface area contributed by atoms with Crippen LogP contribution in [0.15, 0.2) is 65.7 Å². The average Bonchev–Trinajstić information content (AvgIpc) is 3.79. The molecule has 0 unspecified atom stereocenters. The van der Waals surface area contributed by atoms with Gasteiger partial charge in [0.2, 0.25) is 5.91 Å². The third kappa shape index (κ3) is 5.00. The van der Waals surface area contributed by atoms with E-state index in [1.807, 2.05) is 0 Å². The zero-order valence-electron chi connectivity index (χ0n) is 23.4. The highest BCUT2D eigenvalue weighted by Gasteiger charge is 2.45. The van der Waals surface area contributed by atoms with Crippen molar-refractivity contribution in [2.45, 2.75) is 47.9 Å². The minimum absolute atomic E-state index is 0.0000222. The first-order chi connectivity index (χ1) is 20.3. The molecule has 2 aromatic carbocycles. The summed E-state index contributed by atoms with van der Waals surface area (Å²) in [6.07, 6.45) is 2.62. The highest BCUT2D eigenvalue weighted by molar-refractivity contribution is 7.92. The molecule has 12 heteroatoms. The molecule has 222 valence electrons. The Labute approximate surface area is 247 Å². The number of rotatable bonds is 8. The van der Waals surface area contributed by atoms with Gasteiger partial charge in [-0.3, -0.25) is 14.6 Å². The molecule has 2 aliphatic rings. The number of sulfone groups is 1. The number of aliphatic hydroxyl groups is 1. The zero-order chi connectivity index (χ0) is 30.7. The molecule has 10 nitrogen and oxygen atoms in total. The van der Waals surface area contributed by atoms with E-state index < -0.39 is 43.7 Å². The molecule has 1 fully saturated rings. The summed E-state index contributed by atoms with van der Waals surface area (Å²) in [7, 11) is -3.67. The van der Waals surface area contributed by atoms with E-state index in [1.165, 1.54) is 49.5 Å². The number of carbonyl (C=O) groups excluding carboxylic acids is 2. The first-order valence-electron chi connectivity index (χ1n) is 13.7. The fourth-order valence-electron chi connectivity index (χ4n) is 5.18. The highest BCUT2D eigenvalue weighted by atomic mass is 32.2. The van der Waals surface area contributed by atoms with Gasteiger partial charge in [-0.1, -0.05) is 6.07 Å². The molecular formula is C31H29FN4O6S. The first-order valence-corrected chi connectivity index (χ1v) is 15.2. The van der Waals surface area contributed by atoms with Crippen molar-refractivity contribution in [3.63, 3.8) is 0 Å². The SMILES string of the molecule is C[C@](O)(CNC(=O)c1cc(S(=O)(=O)C2CC2)c2ncccc2c1)c1cc2c(c(-c3ccc(F)cc3)n1)OC[C@]2(C)C(N)=O. The predicted molar refractivity (Wildman–Crippen MR) is 156 cm³/mol. The van der Waals surface area contributed by atoms with E-state index in [0.717, 1.165) is 0 Å². The van der Waals surface area contributed by atoms with E-state index in [0.29, 0.717) is 40.6 Å². The van der Waals surface area contributed by atoms with E-state index in [1.54, 1.807) is 25.1 Å². The molecule has 2 atom stereocenters. The van der Waals surface area contributed by atoms with Crippen molar-refractivity contribution in [2.24, 2.45) is 5.73 Å². The molecule has 43 heavy (non-hydrogen) atoms. The molecular weight excluding hydrogens is 575 g/mol. The standard InChI is InChI=1S/C31H29FN4O6S/c1-30(29(33)38)16-42-27-22(30)14-24(36-26(27)17-5-7-20(32)8-6-17)31(2,39)15-35-28(37)19-12-18-4-3-11-34-25(18)23(13-19)43(40,41)21-9-10-21/h3-8,11-14,21,39H,9-10,15-16H2,1-2H3,(H2,33,38)(H,35,37)/t30-,31-/m0/s1. The summed E-state index contributed by atoms with van der Waals surface area (Å²) in [5.74, 6) is -1.40. The van der Waals surface area contributed by atoms with Crippen LogP contribution in [0.2, 0.25) is 0 Å². The van der Waals surface area contributed by atoms with Crippen molar-refractivity contribution in [1.82, 2.24) is 15.3 Å². The minimum atomic E-state index is -3.67. The van der Waals surface area contributed by atoms with E-state index in [9.17, 15) is 27.5 Å². The normalized spacial score (nSPS) is 19.3. The molecule has 4 aromatic rings. The van der Waals surface area contributed by atoms with Gasteiger partial charge in [0.25, 0.3) is 5.91 Å². The van der Waals surface area contributed by atoms with Crippen molar-refractivity contribution in [1.29, 1.82) is 0 Å². The number of hydrogen-bond donors (Lipinski definition) is 3. The molecule has 1 saturated carbocycles. The Morgan fingerprint density at radius 1 is 1.19 bits per heavy atom. The molecule has 0 spiro atoms. The number of benzene rings is 2. The predicted octanol–water partition coefficient (Wildman–Crippen LogP) is 3.14. The smallest absolute Gasteiger partial charge is 0.251 e. The second kappa shape index (κ2) is 10.1. The molecule has 1 aliphatic heterocycles. The number of ether oxygens (including phenoxy) is 1. The Bertz CT molecular complexity index is 1910. The van der Waals surface area contributed by atoms with Gasteiger partial charge in [0.15, 0.2) is 9.84 Å². The number of amides is 2. The zero-order valence-corrected chi connectivity index (χ0v) is 24.2. The van der Waals surface area contributed by atoms with Gasteiger partial charge < -0.3 is 20.9 Å². The van der Waals surface area contributed by atoms with Crippen LogP contribution in [-0.2, 0) is 25.6 Å². The molecule has 2 aromatic heterocycles. The number of aromatic nitrogens is 2. The van der Waals surface area contributed by atoms with Crippen molar-refractivity contribution < 1.29 is 32.2 Å². The molecule has 3 heterocycles. The van der Waals surface area contributed by atoms with Crippen LogP contribution in [0.5, 0.6) is 5.75 Å². The van der Waals surface area contributed by atoms with Gasteiger partial charge in [0, 0.05) is 28.3 Å². The number of primary amides is 1. The average molecular weight is 605 g/mol. The van der Waals surface area contributed by atoms with E-state index in [-0.39, 0.29) is 35.0 Å². The molecule has 0 radical (unpaired) electrons. The van der Waals surface area contributed by atoms with E-state index in [2.05, 4.69) is 15.3 Å². The summed E-state index contributed by atoms with van der Waals surface area (Å²) < 4.78 is 45.9. The van der Waals surface area contributed by atoms with Crippen LogP contribution in [0.25, 0.3) is 22.2 Å². The summed E-state index contributed by atoms with van der Waals surface area (Å²) in [4.78, 5) is 34.7. The summed E-state index contributed by atoms with van der Waals surface area (Å²) >= 11 is 0. The number of pyridine rings is 2. The van der Waals surface area contributed by atoms with E-state index in [4.69, 9.17) is 10.5 Å². The summed E-state index contributed by atoms with van der Waals surface area (Å²) in [6.45, 7) is 2.71. The summed E-state index contributed by atoms with van der Waals surface area (Å²) in [5.41, 5.74) is 4.43. The van der Waals surface area contributed by atoms with Crippen LogP contribution >= 0.6 is 0 Å². The third-order valence-electron chi connectivity index (χ3n) is 8.08. The maximum absolute atomic E-state index is 13.7. The van der Waals surface area contributed by atoms with Crippen LogP contribution in [-0.4, -0.2) is 53.7 Å². The molecule has 6 rings (SSSR count). The van der Waals surface area contributed by atoms with Gasteiger partial charge in [-0.15, -0.1) is 0 Å². The lowest BCUT2D eigenvalue weighted by molar-refractivity contribution is -0.123.